The number of ether oxygens (including phenoxy) is 1. The quantitative estimate of drug-likeness (QED) is 0.482. The van der Waals surface area contributed by atoms with Crippen molar-refractivity contribution in [3.8, 4) is 11.4 Å². The number of hydrogen-bond acceptors (Lipinski definition) is 5. The average Bonchev–Trinajstić information content (AvgIpc) is 3.00. The van der Waals surface area contributed by atoms with E-state index in [0.29, 0.717) is 5.92 Å². The van der Waals surface area contributed by atoms with Gasteiger partial charge in [-0.25, -0.2) is 4.98 Å². The Morgan fingerprint density at radius 1 is 1.35 bits per heavy atom. The standard InChI is InChI=1S/C20H22N2O2S2/c1-4-25-20-21-18-17(15-10-5-12(2)11-16(15)26-18)19(23)22(20)13-6-8-14(24-3)9-7-13/h6-9,12H,4-5,10-11H2,1-3H3/t12-/m1/s1. The molecule has 0 saturated carbocycles. The minimum Gasteiger partial charge on any atom is -0.497 e. The van der Waals surface area contributed by atoms with Crippen LogP contribution in [-0.2, 0) is 12.8 Å². The van der Waals surface area contributed by atoms with Crippen molar-refractivity contribution in [2.75, 3.05) is 12.9 Å². The zero-order chi connectivity index (χ0) is 18.3. The zero-order valence-corrected chi connectivity index (χ0v) is 16.9. The van der Waals surface area contributed by atoms with Crippen LogP contribution in [0.3, 0.4) is 0 Å². The normalized spacial score (nSPS) is 16.7. The molecule has 1 aliphatic rings. The first kappa shape index (κ1) is 17.6. The lowest BCUT2D eigenvalue weighted by atomic mass is 9.89. The second-order valence-electron chi connectivity index (χ2n) is 6.70. The van der Waals surface area contributed by atoms with Crippen LogP contribution in [-0.4, -0.2) is 22.4 Å². The number of methoxy groups -OCH3 is 1. The summed E-state index contributed by atoms with van der Waals surface area (Å²) in [6.07, 6.45) is 3.19. The van der Waals surface area contributed by atoms with E-state index in [4.69, 9.17) is 9.72 Å². The van der Waals surface area contributed by atoms with Crippen molar-refractivity contribution in [2.45, 2.75) is 38.3 Å². The van der Waals surface area contributed by atoms with Gasteiger partial charge in [-0.2, -0.15) is 0 Å². The molecule has 1 aromatic carbocycles. The Morgan fingerprint density at radius 2 is 2.12 bits per heavy atom. The van der Waals surface area contributed by atoms with Gasteiger partial charge in [-0.15, -0.1) is 11.3 Å². The van der Waals surface area contributed by atoms with Gasteiger partial charge in [0, 0.05) is 4.88 Å². The number of aryl methyl sites for hydroxylation is 1. The van der Waals surface area contributed by atoms with Crippen LogP contribution >= 0.6 is 23.1 Å². The predicted molar refractivity (Wildman–Crippen MR) is 109 cm³/mol. The fourth-order valence-corrected chi connectivity index (χ4v) is 5.72. The van der Waals surface area contributed by atoms with Crippen LogP contribution < -0.4 is 10.3 Å². The number of thiophene rings is 1. The molecule has 2 heterocycles. The third-order valence-electron chi connectivity index (χ3n) is 4.90. The highest BCUT2D eigenvalue weighted by Crippen LogP contribution is 2.37. The largest absolute Gasteiger partial charge is 0.497 e. The van der Waals surface area contributed by atoms with Gasteiger partial charge in [0.2, 0.25) is 0 Å². The molecule has 0 unspecified atom stereocenters. The third-order valence-corrected chi connectivity index (χ3v) is 6.87. The van der Waals surface area contributed by atoms with Crippen molar-refractivity contribution in [3.05, 3.63) is 45.1 Å². The van der Waals surface area contributed by atoms with Gasteiger partial charge in [-0.05, 0) is 60.8 Å². The minimum atomic E-state index is 0.0585. The van der Waals surface area contributed by atoms with E-state index in [-0.39, 0.29) is 5.56 Å². The molecular weight excluding hydrogens is 364 g/mol. The van der Waals surface area contributed by atoms with E-state index in [0.717, 1.165) is 51.8 Å². The van der Waals surface area contributed by atoms with Crippen LogP contribution in [0.1, 0.15) is 30.7 Å². The summed E-state index contributed by atoms with van der Waals surface area (Å²) in [5.41, 5.74) is 2.13. The van der Waals surface area contributed by atoms with Crippen LogP contribution in [0.2, 0.25) is 0 Å². The Kier molecular flexibility index (Phi) is 4.80. The fourth-order valence-electron chi connectivity index (χ4n) is 3.56. The predicted octanol–water partition coefficient (Wildman–Crippen LogP) is 4.69. The van der Waals surface area contributed by atoms with Crippen molar-refractivity contribution in [3.63, 3.8) is 0 Å². The first-order valence-corrected chi connectivity index (χ1v) is 10.8. The Bertz CT molecular complexity index is 1010. The van der Waals surface area contributed by atoms with E-state index in [1.165, 1.54) is 10.4 Å². The van der Waals surface area contributed by atoms with Gasteiger partial charge in [0.05, 0.1) is 18.2 Å². The van der Waals surface area contributed by atoms with E-state index in [1.54, 1.807) is 34.8 Å². The molecule has 136 valence electrons. The molecule has 26 heavy (non-hydrogen) atoms. The van der Waals surface area contributed by atoms with Crippen molar-refractivity contribution in [2.24, 2.45) is 5.92 Å². The highest BCUT2D eigenvalue weighted by atomic mass is 32.2. The maximum Gasteiger partial charge on any atom is 0.267 e. The topological polar surface area (TPSA) is 44.1 Å². The molecule has 0 N–H and O–H groups in total. The molecule has 0 radical (unpaired) electrons. The monoisotopic (exact) mass is 386 g/mol. The van der Waals surface area contributed by atoms with Gasteiger partial charge in [-0.3, -0.25) is 9.36 Å². The highest BCUT2D eigenvalue weighted by Gasteiger charge is 2.25. The molecule has 3 aromatic rings. The van der Waals surface area contributed by atoms with Crippen LogP contribution in [0.15, 0.2) is 34.2 Å². The molecule has 0 fully saturated rings. The summed E-state index contributed by atoms with van der Waals surface area (Å²) in [6, 6.07) is 7.62. The number of benzene rings is 1. The second-order valence-corrected chi connectivity index (χ2v) is 9.01. The lowest BCUT2D eigenvalue weighted by molar-refractivity contribution is 0.414. The summed E-state index contributed by atoms with van der Waals surface area (Å²) in [6.45, 7) is 4.37. The van der Waals surface area contributed by atoms with Crippen molar-refractivity contribution >= 4 is 33.3 Å². The van der Waals surface area contributed by atoms with Gasteiger partial charge < -0.3 is 4.74 Å². The van der Waals surface area contributed by atoms with Crippen molar-refractivity contribution < 1.29 is 4.74 Å². The minimum absolute atomic E-state index is 0.0585. The Hall–Kier alpha value is -1.79. The third kappa shape index (κ3) is 2.95. The van der Waals surface area contributed by atoms with Crippen LogP contribution in [0.4, 0.5) is 0 Å². The molecule has 0 saturated heterocycles. The van der Waals surface area contributed by atoms with Gasteiger partial charge >= 0.3 is 0 Å². The molecule has 4 nitrogen and oxygen atoms in total. The summed E-state index contributed by atoms with van der Waals surface area (Å²) >= 11 is 3.32. The van der Waals surface area contributed by atoms with Crippen LogP contribution in [0, 0.1) is 5.92 Å². The Labute approximate surface area is 161 Å². The molecule has 2 aromatic heterocycles. The lowest BCUT2D eigenvalue weighted by Gasteiger charge is -2.17. The van der Waals surface area contributed by atoms with Crippen LogP contribution in [0.25, 0.3) is 15.9 Å². The molecule has 1 atom stereocenters. The van der Waals surface area contributed by atoms with E-state index in [1.807, 2.05) is 24.3 Å². The summed E-state index contributed by atoms with van der Waals surface area (Å²) in [5, 5.41) is 1.59. The zero-order valence-electron chi connectivity index (χ0n) is 15.2. The van der Waals surface area contributed by atoms with E-state index < -0.39 is 0 Å². The van der Waals surface area contributed by atoms with E-state index in [2.05, 4.69) is 13.8 Å². The number of thioether (sulfide) groups is 1. The fraction of sp³-hybridized carbons (Fsp3) is 0.400. The first-order chi connectivity index (χ1) is 12.6. The van der Waals surface area contributed by atoms with Gasteiger partial charge in [0.15, 0.2) is 5.16 Å². The molecule has 0 amide bonds. The number of rotatable bonds is 4. The number of hydrogen-bond donors (Lipinski definition) is 0. The first-order valence-electron chi connectivity index (χ1n) is 8.97. The number of nitrogens with zero attached hydrogens (tertiary/aromatic N) is 2. The van der Waals surface area contributed by atoms with Crippen molar-refractivity contribution in [1.82, 2.24) is 9.55 Å². The van der Waals surface area contributed by atoms with Gasteiger partial charge in [0.25, 0.3) is 5.56 Å². The summed E-state index contributed by atoms with van der Waals surface area (Å²) in [4.78, 5) is 20.6. The Morgan fingerprint density at radius 3 is 2.81 bits per heavy atom. The number of fused-ring (bicyclic) bond motifs is 3. The van der Waals surface area contributed by atoms with E-state index >= 15 is 0 Å². The molecule has 1 aliphatic carbocycles. The van der Waals surface area contributed by atoms with Crippen molar-refractivity contribution in [1.29, 1.82) is 0 Å². The molecular formula is C20H22N2O2S2. The summed E-state index contributed by atoms with van der Waals surface area (Å²) in [5.74, 6) is 2.34. The van der Waals surface area contributed by atoms with Crippen LogP contribution in [0.5, 0.6) is 5.75 Å². The maximum absolute atomic E-state index is 13.5. The maximum atomic E-state index is 13.5. The van der Waals surface area contributed by atoms with Gasteiger partial charge in [-0.1, -0.05) is 25.6 Å². The molecule has 6 heteroatoms. The number of aromatic nitrogens is 2. The van der Waals surface area contributed by atoms with E-state index in [9.17, 15) is 4.79 Å². The second kappa shape index (κ2) is 7.08. The molecule has 4 rings (SSSR count). The average molecular weight is 387 g/mol. The molecule has 0 aliphatic heterocycles. The lowest BCUT2D eigenvalue weighted by Crippen LogP contribution is -2.22. The highest BCUT2D eigenvalue weighted by molar-refractivity contribution is 7.99. The summed E-state index contributed by atoms with van der Waals surface area (Å²) < 4.78 is 7.01. The Balaban J connectivity index is 1.96. The summed E-state index contributed by atoms with van der Waals surface area (Å²) in [7, 11) is 1.64. The SMILES string of the molecule is CCSc1nc2sc3c(c2c(=O)n1-c1ccc(OC)cc1)CC[C@@H](C)C3. The molecule has 0 spiro atoms. The smallest absolute Gasteiger partial charge is 0.267 e. The van der Waals surface area contributed by atoms with Gasteiger partial charge in [0.1, 0.15) is 10.6 Å². The molecule has 0 bridgehead atoms.